The maximum absolute atomic E-state index is 11.7. The molecule has 0 fully saturated rings. The van der Waals surface area contributed by atoms with Crippen molar-refractivity contribution in [3.8, 4) is 0 Å². The van der Waals surface area contributed by atoms with Crippen LogP contribution in [0.15, 0.2) is 17.5 Å². The van der Waals surface area contributed by atoms with Crippen LogP contribution in [0.3, 0.4) is 0 Å². The van der Waals surface area contributed by atoms with Gasteiger partial charge >= 0.3 is 6.09 Å². The molecule has 0 aromatic carbocycles. The van der Waals surface area contributed by atoms with E-state index in [1.165, 1.54) is 11.3 Å². The van der Waals surface area contributed by atoms with Crippen molar-refractivity contribution >= 4 is 23.2 Å². The van der Waals surface area contributed by atoms with Crippen LogP contribution < -0.4 is 5.32 Å². The summed E-state index contributed by atoms with van der Waals surface area (Å²) in [6, 6.07) is 2.98. The number of rotatable bonds is 4. The van der Waals surface area contributed by atoms with E-state index in [1.807, 2.05) is 5.38 Å². The van der Waals surface area contributed by atoms with Crippen LogP contribution in [0.2, 0.25) is 0 Å². The van der Waals surface area contributed by atoms with Gasteiger partial charge in [-0.1, -0.05) is 6.07 Å². The molecule has 82 valence electrons. The Morgan fingerprint density at radius 2 is 2.33 bits per heavy atom. The van der Waals surface area contributed by atoms with E-state index in [0.29, 0.717) is 11.5 Å². The fourth-order valence-electron chi connectivity index (χ4n) is 1.05. The van der Waals surface area contributed by atoms with Crippen molar-refractivity contribution < 1.29 is 14.3 Å². The van der Waals surface area contributed by atoms with Gasteiger partial charge in [0.2, 0.25) is 0 Å². The molecule has 0 aliphatic heterocycles. The summed E-state index contributed by atoms with van der Waals surface area (Å²) in [6.45, 7) is 3.65. The Bertz CT molecular complexity index is 334. The average Bonchev–Trinajstić information content (AvgIpc) is 2.69. The first-order valence-electron chi connectivity index (χ1n) is 4.66. The third-order valence-electron chi connectivity index (χ3n) is 1.77. The van der Waals surface area contributed by atoms with E-state index in [4.69, 9.17) is 0 Å². The van der Waals surface area contributed by atoms with Crippen molar-refractivity contribution in [1.82, 2.24) is 5.32 Å². The normalized spacial score (nSPS) is 11.9. The molecule has 0 aliphatic carbocycles. The van der Waals surface area contributed by atoms with Crippen LogP contribution in [0.25, 0.3) is 0 Å². The second kappa shape index (κ2) is 5.50. The number of carbonyl (C=O) groups excluding carboxylic acids is 2. The van der Waals surface area contributed by atoms with Crippen LogP contribution in [0.1, 0.15) is 23.5 Å². The van der Waals surface area contributed by atoms with Crippen molar-refractivity contribution in [3.05, 3.63) is 22.4 Å². The number of hydrogen-bond acceptors (Lipinski definition) is 4. The number of nitrogens with one attached hydrogen (secondary N) is 1. The molecule has 0 bridgehead atoms. The number of alkyl carbamates (subject to hydrolysis) is 1. The van der Waals surface area contributed by atoms with Crippen LogP contribution in [-0.2, 0) is 4.74 Å². The molecule has 4 nitrogen and oxygen atoms in total. The summed E-state index contributed by atoms with van der Waals surface area (Å²) in [4.78, 5) is 23.4. The number of carbonyl (C=O) groups is 2. The largest absolute Gasteiger partial charge is 0.450 e. The van der Waals surface area contributed by atoms with E-state index < -0.39 is 12.1 Å². The lowest BCUT2D eigenvalue weighted by molar-refractivity contribution is 0.0937. The van der Waals surface area contributed by atoms with Crippen molar-refractivity contribution in [2.75, 3.05) is 6.61 Å². The zero-order valence-electron chi connectivity index (χ0n) is 8.65. The van der Waals surface area contributed by atoms with Gasteiger partial charge in [-0.05, 0) is 25.3 Å². The summed E-state index contributed by atoms with van der Waals surface area (Å²) in [7, 11) is 0. The Labute approximate surface area is 92.2 Å². The molecule has 5 heteroatoms. The van der Waals surface area contributed by atoms with Gasteiger partial charge in [-0.25, -0.2) is 4.79 Å². The summed E-state index contributed by atoms with van der Waals surface area (Å²) in [5.41, 5.74) is 0. The molecule has 0 aliphatic rings. The average molecular weight is 227 g/mol. The number of hydrogen-bond donors (Lipinski definition) is 1. The number of amides is 1. The first-order valence-corrected chi connectivity index (χ1v) is 5.54. The van der Waals surface area contributed by atoms with Gasteiger partial charge in [0.05, 0.1) is 17.5 Å². The van der Waals surface area contributed by atoms with Crippen LogP contribution in [0.4, 0.5) is 4.79 Å². The maximum Gasteiger partial charge on any atom is 0.407 e. The fraction of sp³-hybridized carbons (Fsp3) is 0.400. The minimum atomic E-state index is -0.560. The molecule has 1 atom stereocenters. The Morgan fingerprint density at radius 3 is 2.87 bits per heavy atom. The Kier molecular flexibility index (Phi) is 4.30. The third-order valence-corrected chi connectivity index (χ3v) is 2.65. The van der Waals surface area contributed by atoms with Crippen LogP contribution >= 0.6 is 11.3 Å². The number of ketones is 1. The summed E-state index contributed by atoms with van der Waals surface area (Å²) in [5.74, 6) is -0.0990. The van der Waals surface area contributed by atoms with Crippen LogP contribution in [-0.4, -0.2) is 24.5 Å². The minimum Gasteiger partial charge on any atom is -0.450 e. The fourth-order valence-corrected chi connectivity index (χ4v) is 1.80. The molecular weight excluding hydrogens is 214 g/mol. The highest BCUT2D eigenvalue weighted by Crippen LogP contribution is 2.11. The standard InChI is InChI=1S/C10H13NO3S/c1-3-14-10(13)11-7(2)9(12)8-5-4-6-15-8/h4-7H,3H2,1-2H3,(H,11,13). The van der Waals surface area contributed by atoms with Crippen molar-refractivity contribution in [3.63, 3.8) is 0 Å². The van der Waals surface area contributed by atoms with E-state index in [9.17, 15) is 9.59 Å². The molecule has 1 amide bonds. The van der Waals surface area contributed by atoms with Gasteiger partial charge < -0.3 is 10.1 Å². The van der Waals surface area contributed by atoms with Gasteiger partial charge in [0.15, 0.2) is 5.78 Å². The second-order valence-corrected chi connectivity index (χ2v) is 3.88. The smallest absolute Gasteiger partial charge is 0.407 e. The summed E-state index contributed by atoms with van der Waals surface area (Å²) < 4.78 is 4.68. The first kappa shape index (κ1) is 11.7. The highest BCUT2D eigenvalue weighted by atomic mass is 32.1. The topological polar surface area (TPSA) is 55.4 Å². The lowest BCUT2D eigenvalue weighted by atomic mass is 10.2. The number of ether oxygens (including phenoxy) is 1. The van der Waals surface area contributed by atoms with Crippen molar-refractivity contribution in [2.24, 2.45) is 0 Å². The lowest BCUT2D eigenvalue weighted by Gasteiger charge is -2.11. The highest BCUT2D eigenvalue weighted by molar-refractivity contribution is 7.12. The third kappa shape index (κ3) is 3.36. The zero-order valence-corrected chi connectivity index (χ0v) is 9.47. The van der Waals surface area contributed by atoms with Crippen molar-refractivity contribution in [2.45, 2.75) is 19.9 Å². The van der Waals surface area contributed by atoms with E-state index >= 15 is 0 Å². The molecule has 0 radical (unpaired) electrons. The van der Waals surface area contributed by atoms with Crippen LogP contribution in [0.5, 0.6) is 0 Å². The first-order chi connectivity index (χ1) is 7.15. The molecule has 15 heavy (non-hydrogen) atoms. The molecule has 1 aromatic heterocycles. The summed E-state index contributed by atoms with van der Waals surface area (Å²) >= 11 is 1.36. The summed E-state index contributed by atoms with van der Waals surface area (Å²) in [5, 5.41) is 4.29. The predicted molar refractivity (Wildman–Crippen MR) is 58.3 cm³/mol. The van der Waals surface area contributed by atoms with E-state index in [-0.39, 0.29) is 5.78 Å². The van der Waals surface area contributed by atoms with Gasteiger partial charge in [0.25, 0.3) is 0 Å². The van der Waals surface area contributed by atoms with Gasteiger partial charge in [-0.2, -0.15) is 0 Å². The predicted octanol–water partition coefficient (Wildman–Crippen LogP) is 2.07. The Balaban J connectivity index is 2.51. The van der Waals surface area contributed by atoms with E-state index in [0.717, 1.165) is 0 Å². The van der Waals surface area contributed by atoms with Gasteiger partial charge in [0.1, 0.15) is 0 Å². The second-order valence-electron chi connectivity index (χ2n) is 2.93. The molecule has 1 heterocycles. The Hall–Kier alpha value is -1.36. The van der Waals surface area contributed by atoms with Gasteiger partial charge in [-0.15, -0.1) is 11.3 Å². The monoisotopic (exact) mass is 227 g/mol. The maximum atomic E-state index is 11.7. The molecule has 0 saturated heterocycles. The van der Waals surface area contributed by atoms with Crippen molar-refractivity contribution in [1.29, 1.82) is 0 Å². The van der Waals surface area contributed by atoms with E-state index in [1.54, 1.807) is 26.0 Å². The van der Waals surface area contributed by atoms with Gasteiger partial charge in [-0.3, -0.25) is 4.79 Å². The SMILES string of the molecule is CCOC(=O)NC(C)C(=O)c1cccs1. The highest BCUT2D eigenvalue weighted by Gasteiger charge is 2.18. The molecular formula is C10H13NO3S. The number of thiophene rings is 1. The molecule has 1 aromatic rings. The summed E-state index contributed by atoms with van der Waals surface area (Å²) in [6.07, 6.45) is -0.560. The molecule has 1 rings (SSSR count). The quantitative estimate of drug-likeness (QED) is 0.801. The lowest BCUT2D eigenvalue weighted by Crippen LogP contribution is -2.38. The van der Waals surface area contributed by atoms with Gasteiger partial charge in [0, 0.05) is 0 Å². The molecule has 1 N–H and O–H groups in total. The van der Waals surface area contributed by atoms with Crippen LogP contribution in [0, 0.1) is 0 Å². The zero-order chi connectivity index (χ0) is 11.3. The molecule has 0 spiro atoms. The Morgan fingerprint density at radius 1 is 1.60 bits per heavy atom. The minimum absolute atomic E-state index is 0.0990. The molecule has 1 unspecified atom stereocenters. The van der Waals surface area contributed by atoms with E-state index in [2.05, 4.69) is 10.1 Å². The number of Topliss-reactive ketones (excluding diaryl/α,β-unsaturated/α-hetero) is 1. The molecule has 0 saturated carbocycles.